The Morgan fingerprint density at radius 2 is 1.82 bits per heavy atom. The molecule has 0 aliphatic carbocycles. The summed E-state index contributed by atoms with van der Waals surface area (Å²) in [6, 6.07) is 18.8. The molecule has 8 nitrogen and oxygen atoms in total. The lowest BCUT2D eigenvalue weighted by Gasteiger charge is -2.43. The summed E-state index contributed by atoms with van der Waals surface area (Å²) in [7, 11) is 0. The van der Waals surface area contributed by atoms with Crippen LogP contribution >= 0.6 is 0 Å². The third kappa shape index (κ3) is 4.57. The van der Waals surface area contributed by atoms with Gasteiger partial charge in [0.1, 0.15) is 11.2 Å². The van der Waals surface area contributed by atoms with Crippen molar-refractivity contribution in [3.05, 3.63) is 88.7 Å². The molecule has 0 radical (unpaired) electrons. The van der Waals surface area contributed by atoms with Gasteiger partial charge in [-0.3, -0.25) is 14.3 Å². The lowest BCUT2D eigenvalue weighted by molar-refractivity contribution is -0.133. The molecule has 2 heterocycles. The maximum absolute atomic E-state index is 13.6. The molecule has 2 aromatic carbocycles. The molecule has 0 spiro atoms. The van der Waals surface area contributed by atoms with Crippen LogP contribution in [0.4, 0.5) is 0 Å². The zero-order valence-electron chi connectivity index (χ0n) is 19.6. The maximum Gasteiger partial charge on any atom is 0.358 e. The summed E-state index contributed by atoms with van der Waals surface area (Å²) >= 11 is 0. The van der Waals surface area contributed by atoms with Crippen LogP contribution < -0.4 is 5.32 Å². The third-order valence-electron chi connectivity index (χ3n) is 5.99. The van der Waals surface area contributed by atoms with Crippen LogP contribution in [-0.4, -0.2) is 44.6 Å². The Labute approximate surface area is 198 Å². The molecule has 1 aliphatic rings. The number of nitrogens with zero attached hydrogens (tertiary/aromatic N) is 3. The smallest absolute Gasteiger partial charge is 0.358 e. The van der Waals surface area contributed by atoms with Crippen LogP contribution in [0.15, 0.2) is 60.7 Å². The summed E-state index contributed by atoms with van der Waals surface area (Å²) < 4.78 is 6.48. The predicted octanol–water partition coefficient (Wildman–Crippen LogP) is 3.10. The van der Waals surface area contributed by atoms with Gasteiger partial charge < -0.3 is 15.0 Å². The summed E-state index contributed by atoms with van der Waals surface area (Å²) in [5.41, 5.74) is 2.01. The Morgan fingerprint density at radius 1 is 1.09 bits per heavy atom. The first-order valence-electron chi connectivity index (χ1n) is 11.3. The minimum Gasteiger partial charge on any atom is -0.461 e. The highest BCUT2D eigenvalue weighted by Gasteiger charge is 2.48. The SMILES string of the molecule is CCOC(=O)c1cc2n(n1)CC(C)(C(=O)NCc1ccccc1)N(Cc1cccc(C)c1)C2=O. The van der Waals surface area contributed by atoms with Crippen molar-refractivity contribution < 1.29 is 19.1 Å². The van der Waals surface area contributed by atoms with E-state index in [4.69, 9.17) is 4.74 Å². The molecule has 34 heavy (non-hydrogen) atoms. The molecule has 176 valence electrons. The Kier molecular flexibility index (Phi) is 6.49. The van der Waals surface area contributed by atoms with Crippen LogP contribution in [0.2, 0.25) is 0 Å². The van der Waals surface area contributed by atoms with Crippen LogP contribution in [0.5, 0.6) is 0 Å². The highest BCUT2D eigenvalue weighted by atomic mass is 16.5. The molecule has 1 unspecified atom stereocenters. The summed E-state index contributed by atoms with van der Waals surface area (Å²) in [4.78, 5) is 40.9. The summed E-state index contributed by atoms with van der Waals surface area (Å²) in [5.74, 6) is -1.26. The van der Waals surface area contributed by atoms with Gasteiger partial charge in [-0.05, 0) is 31.9 Å². The number of aromatic nitrogens is 2. The van der Waals surface area contributed by atoms with E-state index >= 15 is 0 Å². The number of fused-ring (bicyclic) bond motifs is 1. The van der Waals surface area contributed by atoms with Crippen LogP contribution in [0.1, 0.15) is 51.5 Å². The van der Waals surface area contributed by atoms with Crippen molar-refractivity contribution >= 4 is 17.8 Å². The maximum atomic E-state index is 13.6. The fourth-order valence-electron chi connectivity index (χ4n) is 4.16. The number of benzene rings is 2. The normalized spacial score (nSPS) is 17.3. The Hall–Kier alpha value is -3.94. The van der Waals surface area contributed by atoms with Crippen molar-refractivity contribution in [3.63, 3.8) is 0 Å². The van der Waals surface area contributed by atoms with Crippen LogP contribution in [0, 0.1) is 6.92 Å². The minimum absolute atomic E-state index is 0.0506. The summed E-state index contributed by atoms with van der Waals surface area (Å²) in [6.07, 6.45) is 0. The molecular formula is C26H28N4O4. The van der Waals surface area contributed by atoms with Crippen molar-refractivity contribution in [2.24, 2.45) is 0 Å². The number of carbonyl (C=O) groups excluding carboxylic acids is 3. The van der Waals surface area contributed by atoms with Gasteiger partial charge in [0.15, 0.2) is 5.69 Å². The average molecular weight is 461 g/mol. The quantitative estimate of drug-likeness (QED) is 0.547. The molecule has 4 rings (SSSR count). The van der Waals surface area contributed by atoms with Crippen LogP contribution in [0.25, 0.3) is 0 Å². The van der Waals surface area contributed by atoms with E-state index in [9.17, 15) is 14.4 Å². The minimum atomic E-state index is -1.22. The van der Waals surface area contributed by atoms with Crippen molar-refractivity contribution in [2.75, 3.05) is 6.61 Å². The molecule has 0 bridgehead atoms. The van der Waals surface area contributed by atoms with E-state index in [1.54, 1.807) is 18.7 Å². The molecule has 8 heteroatoms. The first-order valence-corrected chi connectivity index (χ1v) is 11.3. The van der Waals surface area contributed by atoms with Crippen LogP contribution in [-0.2, 0) is 29.2 Å². The molecule has 1 N–H and O–H groups in total. The van der Waals surface area contributed by atoms with Crippen molar-refractivity contribution in [1.82, 2.24) is 20.0 Å². The van der Waals surface area contributed by atoms with Gasteiger partial charge in [0.2, 0.25) is 5.91 Å². The van der Waals surface area contributed by atoms with Gasteiger partial charge in [-0.25, -0.2) is 4.79 Å². The van der Waals surface area contributed by atoms with Gasteiger partial charge in [-0.1, -0.05) is 60.2 Å². The van der Waals surface area contributed by atoms with Crippen molar-refractivity contribution in [3.8, 4) is 0 Å². The van der Waals surface area contributed by atoms with E-state index in [2.05, 4.69) is 10.4 Å². The molecular weight excluding hydrogens is 432 g/mol. The number of rotatable bonds is 7. The topological polar surface area (TPSA) is 93.5 Å². The van der Waals surface area contributed by atoms with E-state index in [0.717, 1.165) is 16.7 Å². The first kappa shape index (κ1) is 23.2. The lowest BCUT2D eigenvalue weighted by atomic mass is 9.93. The van der Waals surface area contributed by atoms with E-state index in [1.807, 2.05) is 61.5 Å². The van der Waals surface area contributed by atoms with E-state index in [1.165, 1.54) is 10.7 Å². The van der Waals surface area contributed by atoms with Gasteiger partial charge in [-0.15, -0.1) is 0 Å². The van der Waals surface area contributed by atoms with Gasteiger partial charge in [0.05, 0.1) is 13.2 Å². The fourth-order valence-corrected chi connectivity index (χ4v) is 4.16. The summed E-state index contributed by atoms with van der Waals surface area (Å²) in [5, 5.41) is 7.26. The largest absolute Gasteiger partial charge is 0.461 e. The Bertz CT molecular complexity index is 1220. The van der Waals surface area contributed by atoms with E-state index in [0.29, 0.717) is 6.54 Å². The van der Waals surface area contributed by atoms with Gasteiger partial charge in [-0.2, -0.15) is 5.10 Å². The van der Waals surface area contributed by atoms with Gasteiger partial charge in [0.25, 0.3) is 5.91 Å². The number of amides is 2. The molecule has 3 aromatic rings. The molecule has 2 amide bonds. The first-order chi connectivity index (χ1) is 16.3. The number of esters is 1. The van der Waals surface area contributed by atoms with Crippen molar-refractivity contribution in [1.29, 1.82) is 0 Å². The molecule has 0 fully saturated rings. The molecule has 1 atom stereocenters. The highest BCUT2D eigenvalue weighted by Crippen LogP contribution is 2.30. The molecule has 0 saturated carbocycles. The van der Waals surface area contributed by atoms with Gasteiger partial charge in [0, 0.05) is 19.2 Å². The third-order valence-corrected chi connectivity index (χ3v) is 5.99. The number of ether oxygens (including phenoxy) is 1. The average Bonchev–Trinajstić information content (AvgIpc) is 3.25. The second kappa shape index (κ2) is 9.51. The molecule has 1 aromatic heterocycles. The monoisotopic (exact) mass is 460 g/mol. The Morgan fingerprint density at radius 3 is 2.53 bits per heavy atom. The molecule has 0 saturated heterocycles. The number of hydrogen-bond donors (Lipinski definition) is 1. The van der Waals surface area contributed by atoms with E-state index < -0.39 is 11.5 Å². The van der Waals surface area contributed by atoms with Crippen molar-refractivity contribution in [2.45, 2.75) is 45.9 Å². The highest BCUT2D eigenvalue weighted by molar-refractivity contribution is 6.01. The standard InChI is InChI=1S/C26H28N4O4/c1-4-34-24(32)21-14-22-23(31)29(16-20-12-8-9-18(2)13-20)26(3,17-30(22)28-21)25(33)27-15-19-10-6-5-7-11-19/h5-14H,4,15-17H2,1-3H3,(H,27,33). The number of nitrogens with one attached hydrogen (secondary N) is 1. The summed E-state index contributed by atoms with van der Waals surface area (Å²) in [6.45, 7) is 6.31. The lowest BCUT2D eigenvalue weighted by Crippen LogP contribution is -2.63. The number of hydrogen-bond acceptors (Lipinski definition) is 5. The number of aryl methyl sites for hydroxylation is 1. The van der Waals surface area contributed by atoms with Gasteiger partial charge >= 0.3 is 5.97 Å². The number of carbonyl (C=O) groups is 3. The molecule has 1 aliphatic heterocycles. The Balaban J connectivity index is 1.68. The zero-order valence-corrected chi connectivity index (χ0v) is 19.6. The predicted molar refractivity (Wildman–Crippen MR) is 126 cm³/mol. The van der Waals surface area contributed by atoms with E-state index in [-0.39, 0.29) is 42.9 Å². The fraction of sp³-hybridized carbons (Fsp3) is 0.308. The van der Waals surface area contributed by atoms with Crippen LogP contribution in [0.3, 0.4) is 0 Å². The second-order valence-electron chi connectivity index (χ2n) is 8.62. The zero-order chi connectivity index (χ0) is 24.3. The second-order valence-corrected chi connectivity index (χ2v) is 8.62.